The summed E-state index contributed by atoms with van der Waals surface area (Å²) in [5.41, 5.74) is 0. The van der Waals surface area contributed by atoms with Crippen molar-refractivity contribution in [3.05, 3.63) is 67.8 Å². The van der Waals surface area contributed by atoms with Gasteiger partial charge in [-0.05, 0) is 43.2 Å². The quantitative estimate of drug-likeness (QED) is 0.547. The van der Waals surface area contributed by atoms with Gasteiger partial charge in [-0.1, -0.05) is 49.4 Å². The lowest BCUT2D eigenvalue weighted by molar-refractivity contribution is 0.467. The van der Waals surface area contributed by atoms with Crippen molar-refractivity contribution in [3.63, 3.8) is 0 Å². The predicted molar refractivity (Wildman–Crippen MR) is 93.8 cm³/mol. The Labute approximate surface area is 131 Å². The van der Waals surface area contributed by atoms with Gasteiger partial charge in [-0.2, -0.15) is 0 Å². The summed E-state index contributed by atoms with van der Waals surface area (Å²) in [5.74, 6) is 1.44. The molecule has 2 heteroatoms. The van der Waals surface area contributed by atoms with Crippen LogP contribution in [0.25, 0.3) is 0 Å². The minimum absolute atomic E-state index is 0.373. The first kappa shape index (κ1) is 17.6. The average molecular weight is 302 g/mol. The fraction of sp³-hybridized carbons (Fsp3) is 0.368. The number of hydrogen-bond acceptors (Lipinski definition) is 1. The summed E-state index contributed by atoms with van der Waals surface area (Å²) < 4.78 is 12.3. The summed E-state index contributed by atoms with van der Waals surface area (Å²) in [7, 11) is -0.926. The molecular formula is C19H26OS. The van der Waals surface area contributed by atoms with Crippen LogP contribution >= 0.6 is 0 Å². The maximum Gasteiger partial charge on any atom is 0.0529 e. The maximum absolute atomic E-state index is 12.3. The molecule has 1 aromatic rings. The van der Waals surface area contributed by atoms with Crippen LogP contribution in [-0.4, -0.2) is 9.96 Å². The zero-order valence-electron chi connectivity index (χ0n) is 12.9. The van der Waals surface area contributed by atoms with Gasteiger partial charge in [0, 0.05) is 10.6 Å². The molecule has 1 aromatic carbocycles. The van der Waals surface area contributed by atoms with Crippen LogP contribution in [0.1, 0.15) is 26.2 Å². The van der Waals surface area contributed by atoms with Crippen LogP contribution in [0, 0.1) is 11.8 Å². The molecule has 0 radical (unpaired) electrons. The SMILES string of the molecule is C=CC[C@@H](C=C)[C@@H](/C=C\CC)CCS(=O)c1ccccc1. The maximum atomic E-state index is 12.3. The van der Waals surface area contributed by atoms with Crippen LogP contribution in [0.2, 0.25) is 0 Å². The van der Waals surface area contributed by atoms with Crippen molar-refractivity contribution in [2.24, 2.45) is 11.8 Å². The molecule has 0 amide bonds. The van der Waals surface area contributed by atoms with E-state index in [1.807, 2.05) is 42.5 Å². The van der Waals surface area contributed by atoms with E-state index >= 15 is 0 Å². The summed E-state index contributed by atoms with van der Waals surface area (Å²) in [4.78, 5) is 0.912. The van der Waals surface area contributed by atoms with Crippen molar-refractivity contribution >= 4 is 10.8 Å². The normalized spacial score (nSPS) is 15.5. The van der Waals surface area contributed by atoms with Crippen LogP contribution in [0.4, 0.5) is 0 Å². The monoisotopic (exact) mass is 302 g/mol. The van der Waals surface area contributed by atoms with E-state index in [1.165, 1.54) is 0 Å². The third kappa shape index (κ3) is 6.26. The van der Waals surface area contributed by atoms with E-state index in [-0.39, 0.29) is 0 Å². The molecule has 114 valence electrons. The van der Waals surface area contributed by atoms with Gasteiger partial charge in [-0.15, -0.1) is 13.2 Å². The van der Waals surface area contributed by atoms with Gasteiger partial charge in [0.15, 0.2) is 0 Å². The lowest BCUT2D eigenvalue weighted by Gasteiger charge is -2.20. The van der Waals surface area contributed by atoms with Gasteiger partial charge in [-0.25, -0.2) is 0 Å². The molecule has 0 fully saturated rings. The van der Waals surface area contributed by atoms with E-state index in [0.29, 0.717) is 17.6 Å². The highest BCUT2D eigenvalue weighted by molar-refractivity contribution is 7.85. The van der Waals surface area contributed by atoms with E-state index < -0.39 is 10.8 Å². The summed E-state index contributed by atoms with van der Waals surface area (Å²) in [6.45, 7) is 9.89. The Balaban J connectivity index is 2.68. The first-order valence-corrected chi connectivity index (χ1v) is 8.88. The van der Waals surface area contributed by atoms with Crippen LogP contribution in [-0.2, 0) is 10.8 Å². The molecule has 0 aromatic heterocycles. The third-order valence-electron chi connectivity index (χ3n) is 3.55. The molecule has 0 heterocycles. The molecule has 1 rings (SSSR count). The predicted octanol–water partition coefficient (Wildman–Crippen LogP) is 5.15. The van der Waals surface area contributed by atoms with Gasteiger partial charge in [-0.3, -0.25) is 4.21 Å². The largest absolute Gasteiger partial charge is 0.254 e. The summed E-state index contributed by atoms with van der Waals surface area (Å²) in [5, 5.41) is 0. The van der Waals surface area contributed by atoms with Crippen LogP contribution in [0.15, 0.2) is 72.7 Å². The van der Waals surface area contributed by atoms with Gasteiger partial charge in [0.25, 0.3) is 0 Å². The molecule has 0 bridgehead atoms. The van der Waals surface area contributed by atoms with E-state index in [2.05, 4.69) is 32.2 Å². The molecule has 1 unspecified atom stereocenters. The molecule has 0 aliphatic rings. The molecule has 0 saturated carbocycles. The van der Waals surface area contributed by atoms with Gasteiger partial charge in [0.05, 0.1) is 10.8 Å². The Morgan fingerprint density at radius 3 is 2.48 bits per heavy atom. The second kappa shape index (κ2) is 10.3. The number of allylic oxidation sites excluding steroid dienone is 4. The fourth-order valence-corrected chi connectivity index (χ4v) is 3.52. The molecular weight excluding hydrogens is 276 g/mol. The van der Waals surface area contributed by atoms with Crippen molar-refractivity contribution < 1.29 is 4.21 Å². The van der Waals surface area contributed by atoms with E-state index in [0.717, 1.165) is 24.2 Å². The molecule has 3 atom stereocenters. The topological polar surface area (TPSA) is 17.1 Å². The summed E-state index contributed by atoms with van der Waals surface area (Å²) in [6.07, 6.45) is 11.2. The molecule has 0 saturated heterocycles. The number of benzene rings is 1. The minimum atomic E-state index is -0.926. The molecule has 0 aliphatic carbocycles. The van der Waals surface area contributed by atoms with E-state index in [9.17, 15) is 4.21 Å². The first-order valence-electron chi connectivity index (χ1n) is 7.56. The fourth-order valence-electron chi connectivity index (χ4n) is 2.34. The van der Waals surface area contributed by atoms with E-state index in [4.69, 9.17) is 0 Å². The third-order valence-corrected chi connectivity index (χ3v) is 4.96. The lowest BCUT2D eigenvalue weighted by atomic mass is 9.87. The number of rotatable bonds is 10. The zero-order chi connectivity index (χ0) is 15.5. The van der Waals surface area contributed by atoms with Gasteiger partial charge >= 0.3 is 0 Å². The second-order valence-electron chi connectivity index (χ2n) is 5.08. The molecule has 0 aliphatic heterocycles. The van der Waals surface area contributed by atoms with Gasteiger partial charge in [0.2, 0.25) is 0 Å². The molecule has 0 spiro atoms. The van der Waals surface area contributed by atoms with Crippen molar-refractivity contribution in [1.82, 2.24) is 0 Å². The lowest BCUT2D eigenvalue weighted by Crippen LogP contribution is -2.13. The van der Waals surface area contributed by atoms with Crippen LogP contribution < -0.4 is 0 Å². The minimum Gasteiger partial charge on any atom is -0.254 e. The Bertz CT molecular complexity index is 476. The van der Waals surface area contributed by atoms with Crippen molar-refractivity contribution in [3.8, 4) is 0 Å². The summed E-state index contributed by atoms with van der Waals surface area (Å²) >= 11 is 0. The second-order valence-corrected chi connectivity index (χ2v) is 6.65. The van der Waals surface area contributed by atoms with Crippen LogP contribution in [0.3, 0.4) is 0 Å². The smallest absolute Gasteiger partial charge is 0.0529 e. The van der Waals surface area contributed by atoms with Gasteiger partial charge < -0.3 is 0 Å². The Hall–Kier alpha value is -1.41. The molecule has 1 nitrogen and oxygen atoms in total. The first-order chi connectivity index (χ1) is 10.2. The Morgan fingerprint density at radius 1 is 1.19 bits per heavy atom. The number of hydrogen-bond donors (Lipinski definition) is 0. The standard InChI is InChI=1S/C19H26OS/c1-4-7-12-18(17(6-3)11-5-2)15-16-21(20)19-13-9-8-10-14-19/h5-10,12-14,17-18H,2-4,11,15-16H2,1H3/b12-7-/t17-,18+,21?/m1/s1. The molecule has 0 N–H and O–H groups in total. The van der Waals surface area contributed by atoms with Crippen molar-refractivity contribution in [2.45, 2.75) is 31.1 Å². The highest BCUT2D eigenvalue weighted by atomic mass is 32.2. The average Bonchev–Trinajstić information content (AvgIpc) is 2.53. The summed E-state index contributed by atoms with van der Waals surface area (Å²) in [6, 6.07) is 9.69. The van der Waals surface area contributed by atoms with E-state index in [1.54, 1.807) is 0 Å². The van der Waals surface area contributed by atoms with Gasteiger partial charge in [0.1, 0.15) is 0 Å². The molecule has 21 heavy (non-hydrogen) atoms. The Morgan fingerprint density at radius 2 is 1.90 bits per heavy atom. The highest BCUT2D eigenvalue weighted by Crippen LogP contribution is 2.24. The zero-order valence-corrected chi connectivity index (χ0v) is 13.7. The van der Waals surface area contributed by atoms with Crippen LogP contribution in [0.5, 0.6) is 0 Å². The van der Waals surface area contributed by atoms with Crippen molar-refractivity contribution in [2.75, 3.05) is 5.75 Å². The highest BCUT2D eigenvalue weighted by Gasteiger charge is 2.16. The van der Waals surface area contributed by atoms with Crippen molar-refractivity contribution in [1.29, 1.82) is 0 Å². The Kier molecular flexibility index (Phi) is 8.68.